The minimum atomic E-state index is -2.75. The van der Waals surface area contributed by atoms with E-state index in [-0.39, 0.29) is 16.3 Å². The number of hydrogen-bond acceptors (Lipinski definition) is 5. The molecule has 0 aliphatic rings. The number of rotatable bonds is 7. The van der Waals surface area contributed by atoms with Gasteiger partial charge in [-0.05, 0) is 48.5 Å². The second kappa shape index (κ2) is 11.0. The van der Waals surface area contributed by atoms with Gasteiger partial charge in [0.2, 0.25) is 5.31 Å². The fourth-order valence-corrected chi connectivity index (χ4v) is 8.70. The second-order valence-corrected chi connectivity index (χ2v) is 11.5. The molecule has 4 aromatic rings. The molecular formula is C28H21N3O3PS+. The fourth-order valence-electron chi connectivity index (χ4n) is 4.05. The summed E-state index contributed by atoms with van der Waals surface area (Å²) in [6, 6.07) is 36.9. The van der Waals surface area contributed by atoms with Crippen molar-refractivity contribution in [1.29, 1.82) is 5.26 Å². The number of amides is 1. The van der Waals surface area contributed by atoms with Crippen LogP contribution in [0.3, 0.4) is 0 Å². The van der Waals surface area contributed by atoms with E-state index in [2.05, 4.69) is 24.0 Å². The Morgan fingerprint density at radius 3 is 1.56 bits per heavy atom. The predicted molar refractivity (Wildman–Crippen MR) is 147 cm³/mol. The van der Waals surface area contributed by atoms with E-state index >= 15 is 0 Å². The molecule has 0 bridgehead atoms. The molecule has 4 aromatic carbocycles. The lowest BCUT2D eigenvalue weighted by Gasteiger charge is -2.27. The number of carbonyl (C=O) groups is 1. The third kappa shape index (κ3) is 4.78. The Morgan fingerprint density at radius 2 is 1.19 bits per heavy atom. The molecule has 36 heavy (non-hydrogen) atoms. The van der Waals surface area contributed by atoms with E-state index in [1.165, 1.54) is 24.3 Å². The smallest absolute Gasteiger partial charge is 0.269 e. The maximum atomic E-state index is 13.0. The lowest BCUT2D eigenvalue weighted by molar-refractivity contribution is -0.384. The number of benzene rings is 4. The molecule has 0 fully saturated rings. The standard InChI is InChI=1S/C28H20N3O3PS/c29-20-26(28(36)30-27(32)21-16-18-22(19-17-21)31(33)34)35(23-10-4-1-5-11-23,24-12-6-2-7-13-24)25-14-8-3-9-15-25/h1-19H,(H-,30,32,36)/p+1/b28-26-. The Kier molecular flexibility index (Phi) is 7.60. The van der Waals surface area contributed by atoms with E-state index in [1.54, 1.807) is 0 Å². The normalized spacial score (nSPS) is 11.7. The number of thiol groups is 1. The Morgan fingerprint density at radius 1 is 0.778 bits per heavy atom. The largest absolute Gasteiger partial charge is 0.313 e. The van der Waals surface area contributed by atoms with E-state index in [0.717, 1.165) is 15.9 Å². The zero-order chi connectivity index (χ0) is 25.5. The van der Waals surface area contributed by atoms with Crippen LogP contribution in [0, 0.1) is 21.4 Å². The highest BCUT2D eigenvalue weighted by molar-refractivity contribution is 8.00. The Balaban J connectivity index is 1.92. The number of nitriles is 1. The first-order chi connectivity index (χ1) is 17.5. The van der Waals surface area contributed by atoms with Crippen LogP contribution in [0.15, 0.2) is 126 Å². The van der Waals surface area contributed by atoms with Gasteiger partial charge in [-0.25, -0.2) is 0 Å². The zero-order valence-corrected chi connectivity index (χ0v) is 20.8. The van der Waals surface area contributed by atoms with Crippen molar-refractivity contribution in [1.82, 2.24) is 5.32 Å². The first kappa shape index (κ1) is 24.9. The molecule has 0 heterocycles. The summed E-state index contributed by atoms with van der Waals surface area (Å²) in [6.45, 7) is 0. The molecule has 0 aromatic heterocycles. The van der Waals surface area contributed by atoms with Gasteiger partial charge in [-0.2, -0.15) is 5.26 Å². The molecule has 0 spiro atoms. The zero-order valence-electron chi connectivity index (χ0n) is 19.0. The quantitative estimate of drug-likeness (QED) is 0.121. The molecule has 1 amide bonds. The number of carbonyl (C=O) groups excluding carboxylic acids is 1. The van der Waals surface area contributed by atoms with Gasteiger partial charge in [0.15, 0.2) is 7.26 Å². The predicted octanol–water partition coefficient (Wildman–Crippen LogP) is 4.94. The highest BCUT2D eigenvalue weighted by atomic mass is 32.1. The summed E-state index contributed by atoms with van der Waals surface area (Å²) in [6.07, 6.45) is 0. The summed E-state index contributed by atoms with van der Waals surface area (Å²) >= 11 is 4.64. The van der Waals surface area contributed by atoms with Gasteiger partial charge >= 0.3 is 0 Å². The van der Waals surface area contributed by atoms with Crippen molar-refractivity contribution in [2.45, 2.75) is 0 Å². The molecule has 0 saturated carbocycles. The molecule has 0 aliphatic heterocycles. The van der Waals surface area contributed by atoms with Crippen LogP contribution in [0.5, 0.6) is 0 Å². The average Bonchev–Trinajstić information content (AvgIpc) is 2.93. The van der Waals surface area contributed by atoms with E-state index in [1.807, 2.05) is 91.0 Å². The van der Waals surface area contributed by atoms with Crippen molar-refractivity contribution in [3.05, 3.63) is 141 Å². The third-order valence-electron chi connectivity index (χ3n) is 5.67. The molecule has 8 heteroatoms. The van der Waals surface area contributed by atoms with Gasteiger partial charge in [-0.1, -0.05) is 54.6 Å². The van der Waals surface area contributed by atoms with Gasteiger partial charge < -0.3 is 5.32 Å². The molecule has 4 rings (SSSR count). The van der Waals surface area contributed by atoms with Crippen molar-refractivity contribution in [2.75, 3.05) is 0 Å². The number of hydrogen-bond donors (Lipinski definition) is 2. The first-order valence-corrected chi connectivity index (χ1v) is 13.2. The highest BCUT2D eigenvalue weighted by Crippen LogP contribution is 2.63. The summed E-state index contributed by atoms with van der Waals surface area (Å²) in [7, 11) is -2.75. The van der Waals surface area contributed by atoms with Gasteiger partial charge in [0.1, 0.15) is 27.0 Å². The van der Waals surface area contributed by atoms with E-state index < -0.39 is 18.1 Å². The van der Waals surface area contributed by atoms with Crippen LogP contribution < -0.4 is 21.2 Å². The first-order valence-electron chi connectivity index (χ1n) is 10.9. The number of nitro benzene ring substituents is 1. The minimum Gasteiger partial charge on any atom is -0.313 e. The monoisotopic (exact) mass is 510 g/mol. The van der Waals surface area contributed by atoms with Crippen LogP contribution in [0.1, 0.15) is 10.4 Å². The maximum Gasteiger partial charge on any atom is 0.269 e. The van der Waals surface area contributed by atoms with E-state index in [0.29, 0.717) is 5.31 Å². The van der Waals surface area contributed by atoms with Gasteiger partial charge in [0, 0.05) is 17.7 Å². The number of allylic oxidation sites excluding steroid dienone is 1. The number of non-ortho nitro benzene ring substituents is 1. The Labute approximate surface area is 214 Å². The third-order valence-corrected chi connectivity index (χ3v) is 10.4. The SMILES string of the molecule is N#C/C(=C(/S)NC(=O)c1ccc([N+](=O)[O-])cc1)[P+](c1ccccc1)(c1ccccc1)c1ccccc1. The van der Waals surface area contributed by atoms with Crippen molar-refractivity contribution in [3.8, 4) is 6.07 Å². The number of nitrogens with zero attached hydrogens (tertiary/aromatic N) is 2. The lowest BCUT2D eigenvalue weighted by Crippen LogP contribution is -2.34. The van der Waals surface area contributed by atoms with Crippen LogP contribution in [-0.2, 0) is 0 Å². The van der Waals surface area contributed by atoms with Crippen molar-refractivity contribution in [3.63, 3.8) is 0 Å². The fraction of sp³-hybridized carbons (Fsp3) is 0. The lowest BCUT2D eigenvalue weighted by atomic mass is 10.2. The molecule has 0 radical (unpaired) electrons. The molecular weight excluding hydrogens is 489 g/mol. The Hall–Kier alpha value is -4.24. The van der Waals surface area contributed by atoms with Crippen molar-refractivity contribution < 1.29 is 9.72 Å². The number of nitro groups is 1. The van der Waals surface area contributed by atoms with Crippen LogP contribution in [0.25, 0.3) is 0 Å². The molecule has 176 valence electrons. The molecule has 0 atom stereocenters. The Bertz CT molecular complexity index is 1360. The topological polar surface area (TPSA) is 96.0 Å². The van der Waals surface area contributed by atoms with E-state index in [4.69, 9.17) is 0 Å². The van der Waals surface area contributed by atoms with Gasteiger partial charge in [-0.15, -0.1) is 12.6 Å². The molecule has 1 N–H and O–H groups in total. The summed E-state index contributed by atoms with van der Waals surface area (Å²) < 4.78 is 0. The summed E-state index contributed by atoms with van der Waals surface area (Å²) in [5.74, 6) is -0.519. The van der Waals surface area contributed by atoms with Crippen LogP contribution in [0.4, 0.5) is 5.69 Å². The highest BCUT2D eigenvalue weighted by Gasteiger charge is 2.51. The van der Waals surface area contributed by atoms with Gasteiger partial charge in [0.25, 0.3) is 11.6 Å². The van der Waals surface area contributed by atoms with Crippen LogP contribution in [0.2, 0.25) is 0 Å². The average molecular weight is 511 g/mol. The maximum absolute atomic E-state index is 13.0. The van der Waals surface area contributed by atoms with Crippen LogP contribution in [-0.4, -0.2) is 10.8 Å². The minimum absolute atomic E-state index is 0.118. The van der Waals surface area contributed by atoms with E-state index in [9.17, 15) is 20.2 Å². The molecule has 0 saturated heterocycles. The van der Waals surface area contributed by atoms with Crippen molar-refractivity contribution >= 4 is 47.4 Å². The molecule has 6 nitrogen and oxygen atoms in total. The van der Waals surface area contributed by atoms with Gasteiger partial charge in [-0.3, -0.25) is 14.9 Å². The number of nitrogens with one attached hydrogen (secondary N) is 1. The molecule has 0 aliphatic carbocycles. The summed E-state index contributed by atoms with van der Waals surface area (Å²) in [5, 5.41) is 27.5. The van der Waals surface area contributed by atoms with Gasteiger partial charge in [0.05, 0.1) is 4.92 Å². The summed E-state index contributed by atoms with van der Waals surface area (Å²) in [5.41, 5.74) is 0.0978. The second-order valence-electron chi connectivity index (χ2n) is 7.74. The van der Waals surface area contributed by atoms with Crippen molar-refractivity contribution in [2.24, 2.45) is 0 Å². The summed E-state index contributed by atoms with van der Waals surface area (Å²) in [4.78, 5) is 23.5. The van der Waals surface area contributed by atoms with Crippen LogP contribution >= 0.6 is 19.9 Å². The molecule has 0 unspecified atom stereocenters.